The summed E-state index contributed by atoms with van der Waals surface area (Å²) in [7, 11) is 1.81. The second kappa shape index (κ2) is 5.27. The van der Waals surface area contributed by atoms with Crippen molar-refractivity contribution in [3.8, 4) is 0 Å². The van der Waals surface area contributed by atoms with Crippen molar-refractivity contribution in [1.29, 1.82) is 0 Å². The third-order valence-electron chi connectivity index (χ3n) is 1.79. The van der Waals surface area contributed by atoms with Gasteiger partial charge in [-0.1, -0.05) is 6.92 Å². The van der Waals surface area contributed by atoms with E-state index in [-0.39, 0.29) is 0 Å². The second-order valence-corrected chi connectivity index (χ2v) is 2.46. The largest absolute Gasteiger partial charge is 0.361 e. The van der Waals surface area contributed by atoms with E-state index in [0.29, 0.717) is 6.04 Å². The van der Waals surface area contributed by atoms with Crippen LogP contribution >= 0.6 is 0 Å². The molecule has 1 atom stereocenters. The van der Waals surface area contributed by atoms with Gasteiger partial charge in [0, 0.05) is 19.6 Å². The first-order valence-electron chi connectivity index (χ1n) is 3.94. The lowest BCUT2D eigenvalue weighted by Gasteiger charge is -2.23. The molecule has 0 saturated carbocycles. The van der Waals surface area contributed by atoms with Gasteiger partial charge < -0.3 is 4.90 Å². The molecule has 60 valence electrons. The van der Waals surface area contributed by atoms with Crippen molar-refractivity contribution in [1.82, 2.24) is 4.90 Å². The zero-order valence-electron chi connectivity index (χ0n) is 7.46. The van der Waals surface area contributed by atoms with E-state index >= 15 is 0 Å². The van der Waals surface area contributed by atoms with Crippen LogP contribution in [0.5, 0.6) is 0 Å². The van der Waals surface area contributed by atoms with Gasteiger partial charge in [0.1, 0.15) is 0 Å². The Balaban J connectivity index is 3.79. The normalized spacial score (nSPS) is 14.0. The summed E-state index contributed by atoms with van der Waals surface area (Å²) >= 11 is 0. The highest BCUT2D eigenvalue weighted by atomic mass is 15.2. The Bertz CT molecular complexity index is 99.4. The van der Waals surface area contributed by atoms with Crippen LogP contribution in [0.25, 0.3) is 0 Å². The van der Waals surface area contributed by atoms with E-state index in [2.05, 4.69) is 30.7 Å². The van der Waals surface area contributed by atoms with Gasteiger partial charge in [-0.2, -0.15) is 0 Å². The smallest absolute Gasteiger partial charge is 0.0848 e. The average Bonchev–Trinajstić information content (AvgIpc) is 1.99. The molecule has 0 spiro atoms. The first kappa shape index (κ1) is 9.47. The Morgan fingerprint density at radius 1 is 1.50 bits per heavy atom. The molecule has 0 fully saturated rings. The Morgan fingerprint density at radius 2 is 2.10 bits per heavy atom. The predicted octanol–water partition coefficient (Wildman–Crippen LogP) is 1.76. The fraction of sp³-hybridized carbons (Fsp3) is 0.875. The van der Waals surface area contributed by atoms with E-state index in [0.717, 1.165) is 6.54 Å². The molecule has 0 aliphatic heterocycles. The highest BCUT2D eigenvalue weighted by Crippen LogP contribution is 1.98. The van der Waals surface area contributed by atoms with E-state index in [1.165, 1.54) is 6.42 Å². The minimum absolute atomic E-state index is 0.619. The van der Waals surface area contributed by atoms with Gasteiger partial charge in [-0.05, 0) is 20.3 Å². The molecule has 0 N–H and O–H groups in total. The monoisotopic (exact) mass is 142 g/mol. The summed E-state index contributed by atoms with van der Waals surface area (Å²) in [4.78, 5) is 6.21. The predicted molar refractivity (Wildman–Crippen MR) is 46.5 cm³/mol. The van der Waals surface area contributed by atoms with Crippen molar-refractivity contribution in [2.24, 2.45) is 4.99 Å². The number of hydrogen-bond acceptors (Lipinski definition) is 1. The van der Waals surface area contributed by atoms with E-state index < -0.39 is 0 Å². The minimum Gasteiger partial charge on any atom is -0.361 e. The van der Waals surface area contributed by atoms with Gasteiger partial charge in [-0.15, -0.1) is 0 Å². The van der Waals surface area contributed by atoms with Gasteiger partial charge in [0.25, 0.3) is 0 Å². The third kappa shape index (κ3) is 2.85. The lowest BCUT2D eigenvalue weighted by atomic mass is 10.2. The molecule has 0 aliphatic carbocycles. The molecule has 0 heterocycles. The molecule has 0 aliphatic rings. The molecule has 0 radical (unpaired) electrons. The molecule has 0 aromatic carbocycles. The van der Waals surface area contributed by atoms with Crippen LogP contribution in [0.1, 0.15) is 27.2 Å². The number of hydrogen-bond donors (Lipinski definition) is 0. The van der Waals surface area contributed by atoms with Crippen molar-refractivity contribution in [2.45, 2.75) is 33.2 Å². The zero-order chi connectivity index (χ0) is 7.98. The molecule has 0 aromatic heterocycles. The van der Waals surface area contributed by atoms with Gasteiger partial charge in [-0.3, -0.25) is 4.99 Å². The van der Waals surface area contributed by atoms with E-state index in [4.69, 9.17) is 0 Å². The van der Waals surface area contributed by atoms with Gasteiger partial charge in [0.15, 0.2) is 0 Å². The van der Waals surface area contributed by atoms with Crippen molar-refractivity contribution < 1.29 is 0 Å². The molecule has 0 bridgehead atoms. The van der Waals surface area contributed by atoms with Gasteiger partial charge in [0.05, 0.1) is 6.34 Å². The molecular formula is C8H18N2. The molecule has 1 unspecified atom stereocenters. The van der Waals surface area contributed by atoms with E-state index in [1.807, 2.05) is 13.4 Å². The maximum Gasteiger partial charge on any atom is 0.0848 e. The molecule has 0 amide bonds. The Hall–Kier alpha value is -0.530. The molecule has 10 heavy (non-hydrogen) atoms. The summed E-state index contributed by atoms with van der Waals surface area (Å²) in [5.41, 5.74) is 0. The van der Waals surface area contributed by atoms with Crippen LogP contribution in [0.3, 0.4) is 0 Å². The van der Waals surface area contributed by atoms with E-state index in [1.54, 1.807) is 0 Å². The molecular weight excluding hydrogens is 124 g/mol. The SMILES string of the molecule is CCC(C)N(/C=N\C)CC. The standard InChI is InChI=1S/C8H18N2/c1-5-8(3)10(6-2)7-9-4/h7-8H,5-6H2,1-4H3/b9-7-. The Labute approximate surface area is 63.9 Å². The zero-order valence-corrected chi connectivity index (χ0v) is 7.46. The van der Waals surface area contributed by atoms with Crippen molar-refractivity contribution in [2.75, 3.05) is 13.6 Å². The van der Waals surface area contributed by atoms with Crippen LogP contribution in [0, 0.1) is 0 Å². The second-order valence-electron chi connectivity index (χ2n) is 2.46. The van der Waals surface area contributed by atoms with Crippen LogP contribution in [0.15, 0.2) is 4.99 Å². The summed E-state index contributed by atoms with van der Waals surface area (Å²) in [6, 6.07) is 0.619. The number of rotatable bonds is 4. The van der Waals surface area contributed by atoms with Crippen molar-refractivity contribution >= 4 is 6.34 Å². The number of aliphatic imine (C=N–C) groups is 1. The summed E-state index contributed by atoms with van der Waals surface area (Å²) in [6.45, 7) is 7.60. The van der Waals surface area contributed by atoms with Crippen LogP contribution in [0.4, 0.5) is 0 Å². The molecule has 2 nitrogen and oxygen atoms in total. The van der Waals surface area contributed by atoms with Crippen LogP contribution in [0.2, 0.25) is 0 Å². The van der Waals surface area contributed by atoms with Crippen LogP contribution < -0.4 is 0 Å². The van der Waals surface area contributed by atoms with Gasteiger partial charge >= 0.3 is 0 Å². The molecule has 2 heteroatoms. The maximum atomic E-state index is 3.98. The van der Waals surface area contributed by atoms with Gasteiger partial charge in [-0.25, -0.2) is 0 Å². The van der Waals surface area contributed by atoms with Crippen molar-refractivity contribution in [3.63, 3.8) is 0 Å². The highest BCUT2D eigenvalue weighted by Gasteiger charge is 2.03. The lowest BCUT2D eigenvalue weighted by molar-refractivity contribution is 0.346. The molecule has 0 saturated heterocycles. The summed E-state index contributed by atoms with van der Waals surface area (Å²) in [5.74, 6) is 0. The number of nitrogens with zero attached hydrogens (tertiary/aromatic N) is 2. The summed E-state index contributed by atoms with van der Waals surface area (Å²) in [5, 5.41) is 0. The topological polar surface area (TPSA) is 15.6 Å². The Morgan fingerprint density at radius 3 is 2.40 bits per heavy atom. The molecule has 0 aromatic rings. The van der Waals surface area contributed by atoms with Crippen LogP contribution in [-0.4, -0.2) is 30.9 Å². The highest BCUT2D eigenvalue weighted by molar-refractivity contribution is 5.54. The summed E-state index contributed by atoms with van der Waals surface area (Å²) in [6.07, 6.45) is 3.09. The fourth-order valence-electron chi connectivity index (χ4n) is 0.890. The lowest BCUT2D eigenvalue weighted by Crippen LogP contribution is -2.30. The third-order valence-corrected chi connectivity index (χ3v) is 1.79. The average molecular weight is 142 g/mol. The minimum atomic E-state index is 0.619. The summed E-state index contributed by atoms with van der Waals surface area (Å²) < 4.78 is 0. The Kier molecular flexibility index (Phi) is 4.99. The first-order valence-corrected chi connectivity index (χ1v) is 3.94. The van der Waals surface area contributed by atoms with Crippen molar-refractivity contribution in [3.05, 3.63) is 0 Å². The first-order chi connectivity index (χ1) is 4.76. The van der Waals surface area contributed by atoms with E-state index in [9.17, 15) is 0 Å². The van der Waals surface area contributed by atoms with Gasteiger partial charge in [0.2, 0.25) is 0 Å². The molecule has 0 rings (SSSR count). The maximum absolute atomic E-state index is 3.98. The quantitative estimate of drug-likeness (QED) is 0.431. The fourth-order valence-corrected chi connectivity index (χ4v) is 0.890. The van der Waals surface area contributed by atoms with Crippen LogP contribution in [-0.2, 0) is 0 Å².